The van der Waals surface area contributed by atoms with Gasteiger partial charge in [-0.25, -0.2) is 0 Å². The van der Waals surface area contributed by atoms with Crippen LogP contribution in [0.4, 0.5) is 0 Å². The van der Waals surface area contributed by atoms with Gasteiger partial charge in [-0.2, -0.15) is 0 Å². The third-order valence-electron chi connectivity index (χ3n) is 3.05. The van der Waals surface area contributed by atoms with Crippen LogP contribution in [-0.2, 0) is 0 Å². The molecule has 0 aromatic heterocycles. The summed E-state index contributed by atoms with van der Waals surface area (Å²) in [6.45, 7) is 2.11. The van der Waals surface area contributed by atoms with E-state index in [0.717, 1.165) is 12.2 Å². The first kappa shape index (κ1) is 14.0. The van der Waals surface area contributed by atoms with E-state index in [0.29, 0.717) is 0 Å². The molecule has 0 heterocycles. The lowest BCUT2D eigenvalue weighted by atomic mass is 10.1. The van der Waals surface area contributed by atoms with Crippen molar-refractivity contribution in [3.8, 4) is 5.75 Å². The van der Waals surface area contributed by atoms with Gasteiger partial charge < -0.3 is 10.5 Å². The smallest absolute Gasteiger partial charge is 0.118 e. The molecule has 0 saturated carbocycles. The van der Waals surface area contributed by atoms with Crippen LogP contribution in [0.3, 0.4) is 0 Å². The number of benzene rings is 2. The number of methoxy groups -OCH3 is 1. The van der Waals surface area contributed by atoms with E-state index in [9.17, 15) is 0 Å². The van der Waals surface area contributed by atoms with Crippen LogP contribution < -0.4 is 10.5 Å². The average molecular weight is 273 g/mol. The largest absolute Gasteiger partial charge is 0.497 e. The molecule has 0 amide bonds. The van der Waals surface area contributed by atoms with E-state index in [4.69, 9.17) is 10.5 Å². The Balaban J connectivity index is 2.22. The number of ether oxygens (including phenoxy) is 1. The van der Waals surface area contributed by atoms with Crippen LogP contribution in [0.15, 0.2) is 58.3 Å². The molecule has 0 aliphatic rings. The van der Waals surface area contributed by atoms with Crippen molar-refractivity contribution in [3.63, 3.8) is 0 Å². The molecule has 0 spiro atoms. The predicted molar refractivity (Wildman–Crippen MR) is 80.8 cm³/mol. The molecule has 0 radical (unpaired) electrons. The summed E-state index contributed by atoms with van der Waals surface area (Å²) in [6.07, 6.45) is 0.945. The van der Waals surface area contributed by atoms with Gasteiger partial charge in [0.15, 0.2) is 0 Å². The molecule has 0 saturated heterocycles. The molecule has 0 bridgehead atoms. The Bertz CT molecular complexity index is 525. The minimum atomic E-state index is 0.0990. The van der Waals surface area contributed by atoms with Gasteiger partial charge in [-0.1, -0.05) is 36.9 Å². The Labute approximate surface area is 119 Å². The molecule has 1 unspecified atom stereocenters. The van der Waals surface area contributed by atoms with E-state index in [1.54, 1.807) is 18.9 Å². The quantitative estimate of drug-likeness (QED) is 0.884. The molecule has 2 aromatic carbocycles. The van der Waals surface area contributed by atoms with Gasteiger partial charge in [0.2, 0.25) is 0 Å². The molecule has 1 atom stereocenters. The van der Waals surface area contributed by atoms with Crippen molar-refractivity contribution < 1.29 is 4.74 Å². The van der Waals surface area contributed by atoms with Crippen molar-refractivity contribution in [2.24, 2.45) is 5.73 Å². The summed E-state index contributed by atoms with van der Waals surface area (Å²) in [5, 5.41) is 0. The number of rotatable bonds is 5. The average Bonchev–Trinajstić information content (AvgIpc) is 2.48. The van der Waals surface area contributed by atoms with Gasteiger partial charge in [-0.15, -0.1) is 0 Å². The maximum absolute atomic E-state index is 6.16. The van der Waals surface area contributed by atoms with Gasteiger partial charge in [-0.05, 0) is 42.3 Å². The van der Waals surface area contributed by atoms with Gasteiger partial charge in [-0.3, -0.25) is 0 Å². The lowest BCUT2D eigenvalue weighted by molar-refractivity contribution is 0.414. The first-order valence-electron chi connectivity index (χ1n) is 6.41. The summed E-state index contributed by atoms with van der Waals surface area (Å²) in [5.74, 6) is 0.878. The fourth-order valence-electron chi connectivity index (χ4n) is 1.87. The number of nitrogens with two attached hydrogens (primary N) is 1. The molecule has 0 fully saturated rings. The minimum Gasteiger partial charge on any atom is -0.497 e. The van der Waals surface area contributed by atoms with Crippen molar-refractivity contribution in [1.82, 2.24) is 0 Å². The van der Waals surface area contributed by atoms with Gasteiger partial charge in [0.05, 0.1) is 7.11 Å². The molecule has 0 aliphatic carbocycles. The lowest BCUT2D eigenvalue weighted by Gasteiger charge is -2.14. The monoisotopic (exact) mass is 273 g/mol. The third kappa shape index (κ3) is 3.52. The van der Waals surface area contributed by atoms with Gasteiger partial charge >= 0.3 is 0 Å². The Morgan fingerprint density at radius 3 is 2.42 bits per heavy atom. The molecule has 2 N–H and O–H groups in total. The summed E-state index contributed by atoms with van der Waals surface area (Å²) in [4.78, 5) is 2.42. The molecular weight excluding hydrogens is 254 g/mol. The van der Waals surface area contributed by atoms with Crippen LogP contribution in [-0.4, -0.2) is 7.11 Å². The topological polar surface area (TPSA) is 35.2 Å². The zero-order chi connectivity index (χ0) is 13.7. The summed E-state index contributed by atoms with van der Waals surface area (Å²) in [5.41, 5.74) is 7.37. The highest BCUT2D eigenvalue weighted by molar-refractivity contribution is 7.99. The Hall–Kier alpha value is -1.45. The molecule has 2 rings (SSSR count). The Kier molecular flexibility index (Phi) is 4.88. The molecule has 0 aliphatic heterocycles. The van der Waals surface area contributed by atoms with Gasteiger partial charge in [0.25, 0.3) is 0 Å². The molecule has 100 valence electrons. The SMILES string of the molecule is CCC(N)c1ccccc1Sc1ccc(OC)cc1. The second-order valence-electron chi connectivity index (χ2n) is 4.33. The molecule has 2 aromatic rings. The van der Waals surface area contributed by atoms with Crippen LogP contribution in [0, 0.1) is 0 Å². The van der Waals surface area contributed by atoms with Crippen LogP contribution >= 0.6 is 11.8 Å². The third-order valence-corrected chi connectivity index (χ3v) is 4.15. The van der Waals surface area contributed by atoms with E-state index in [2.05, 4.69) is 37.3 Å². The fraction of sp³-hybridized carbons (Fsp3) is 0.250. The predicted octanol–water partition coefficient (Wildman–Crippen LogP) is 4.26. The first-order chi connectivity index (χ1) is 9.24. The van der Waals surface area contributed by atoms with Crippen LogP contribution in [0.5, 0.6) is 5.75 Å². The minimum absolute atomic E-state index is 0.0990. The van der Waals surface area contributed by atoms with E-state index >= 15 is 0 Å². The maximum Gasteiger partial charge on any atom is 0.118 e. The molecule has 2 nitrogen and oxygen atoms in total. The van der Waals surface area contributed by atoms with Crippen LogP contribution in [0.25, 0.3) is 0 Å². The fourth-order valence-corrected chi connectivity index (χ4v) is 2.88. The Morgan fingerprint density at radius 2 is 1.79 bits per heavy atom. The molecule has 3 heteroatoms. The van der Waals surface area contributed by atoms with E-state index in [1.807, 2.05) is 18.2 Å². The highest BCUT2D eigenvalue weighted by atomic mass is 32.2. The Morgan fingerprint density at radius 1 is 1.11 bits per heavy atom. The van der Waals surface area contributed by atoms with Crippen molar-refractivity contribution in [2.75, 3.05) is 7.11 Å². The first-order valence-corrected chi connectivity index (χ1v) is 7.22. The van der Waals surface area contributed by atoms with Gasteiger partial charge in [0.1, 0.15) is 5.75 Å². The normalized spacial score (nSPS) is 12.2. The zero-order valence-electron chi connectivity index (χ0n) is 11.3. The van der Waals surface area contributed by atoms with Crippen molar-refractivity contribution >= 4 is 11.8 Å². The van der Waals surface area contributed by atoms with E-state index < -0.39 is 0 Å². The zero-order valence-corrected chi connectivity index (χ0v) is 12.1. The van der Waals surface area contributed by atoms with Crippen molar-refractivity contribution in [3.05, 3.63) is 54.1 Å². The van der Waals surface area contributed by atoms with Crippen molar-refractivity contribution in [2.45, 2.75) is 29.2 Å². The summed E-state index contributed by atoms with van der Waals surface area (Å²) in [6, 6.07) is 16.5. The summed E-state index contributed by atoms with van der Waals surface area (Å²) in [7, 11) is 1.68. The van der Waals surface area contributed by atoms with Crippen LogP contribution in [0.1, 0.15) is 24.9 Å². The maximum atomic E-state index is 6.16. The molecule has 19 heavy (non-hydrogen) atoms. The van der Waals surface area contributed by atoms with Crippen molar-refractivity contribution in [1.29, 1.82) is 0 Å². The summed E-state index contributed by atoms with van der Waals surface area (Å²) >= 11 is 1.74. The van der Waals surface area contributed by atoms with Crippen LogP contribution in [0.2, 0.25) is 0 Å². The second kappa shape index (κ2) is 6.64. The summed E-state index contributed by atoms with van der Waals surface area (Å²) < 4.78 is 5.17. The number of hydrogen-bond acceptors (Lipinski definition) is 3. The number of hydrogen-bond donors (Lipinski definition) is 1. The highest BCUT2D eigenvalue weighted by Crippen LogP contribution is 2.34. The van der Waals surface area contributed by atoms with E-state index in [-0.39, 0.29) is 6.04 Å². The highest BCUT2D eigenvalue weighted by Gasteiger charge is 2.09. The standard InChI is InChI=1S/C16H19NOS/c1-3-15(17)14-6-4-5-7-16(14)19-13-10-8-12(18-2)9-11-13/h4-11,15H,3,17H2,1-2H3. The van der Waals surface area contributed by atoms with Gasteiger partial charge in [0, 0.05) is 15.8 Å². The second-order valence-corrected chi connectivity index (χ2v) is 5.45. The lowest BCUT2D eigenvalue weighted by Crippen LogP contribution is -2.09. The molecular formula is C16H19NOS. The van der Waals surface area contributed by atoms with E-state index in [1.165, 1.54) is 15.4 Å².